The number of ether oxygens (including phenoxy) is 9. The second kappa shape index (κ2) is 37.9. The summed E-state index contributed by atoms with van der Waals surface area (Å²) in [7, 11) is 6.01. The van der Waals surface area contributed by atoms with E-state index < -0.39 is 11.6 Å². The molecular formula is C89H91ClF2N12O12. The molecule has 0 unspecified atom stereocenters. The maximum Gasteiger partial charge on any atom is 0.246 e. The van der Waals surface area contributed by atoms with E-state index in [0.717, 1.165) is 124 Å². The van der Waals surface area contributed by atoms with E-state index in [1.54, 1.807) is 118 Å². The molecule has 12 aromatic rings. The SMILES string of the molecule is C=CC(=O)N1CCC[C@@H](n2nc(-c3ccc(Oc4cccc(OC)c4Cl)cc3)c3cncc(OC)c32)C1.C=CC(=O)N1CCC[C@@H](n2nc(-c3ccc(Oc4cccc(OC)c4F)cc3)c3cncc(OCCC)c32)C1.C=CC(=O)N1CCC[C@@H](n2nc(-c3ccc(Oc4cccc(OC)c4F)cc3)c3cncc(OCCCC)c32)C1. The first-order valence-corrected chi connectivity index (χ1v) is 38.9. The molecule has 0 N–H and O–H groups in total. The topological polar surface area (TPSA) is 236 Å². The van der Waals surface area contributed by atoms with Crippen LogP contribution in [0.4, 0.5) is 8.78 Å². The van der Waals surface area contributed by atoms with Gasteiger partial charge in [0, 0.05) is 74.5 Å². The largest absolute Gasteiger partial charge is 0.495 e. The van der Waals surface area contributed by atoms with Gasteiger partial charge in [0.25, 0.3) is 0 Å². The zero-order valence-corrected chi connectivity index (χ0v) is 66.4. The number of unbranched alkanes of at least 4 members (excludes halogenated alkanes) is 1. The minimum Gasteiger partial charge on any atom is -0.495 e. The lowest BCUT2D eigenvalue weighted by molar-refractivity contribution is -0.128. The molecular weight excluding hydrogens is 1500 g/mol. The number of hydrogen-bond acceptors (Lipinski definition) is 18. The standard InChI is InChI=1S/C31H33FN4O4.C30H31FN4O4.C28H27ClN4O4/c1-4-6-17-39-27-19-33-18-24-30(34-36(31(24)27)22-9-8-16-35(20-22)28(37)5-2)21-12-14-23(15-13-21)40-26-11-7-10-25(38-3)29(26)32;1-4-16-38-26-18-32-17-23-29(33-35(30(23)26)21-8-7-15-34(19-21)27(36)5-2)20-11-13-22(14-12-20)39-25-10-6-9-24(37-3)28(25)31;1-4-25(34)32-14-6-7-19(17-32)33-28-21(15-30-16-24(28)36-3)27(31-33)18-10-12-20(13-11-18)37-23-9-5-8-22(35-2)26(23)29/h5,7,10-15,18-19,22H,2,4,6,8-9,16-17,20H2,1,3H3;5-6,9-14,17-18,21H,2,4,7-8,15-16,19H2,1,3H3;4-5,8-13,15-16,19H,1,6-7,14,17H2,2-3H3/t22-;21-;19-/m111/s1. The van der Waals surface area contributed by atoms with Crippen LogP contribution in [0, 0.1) is 11.6 Å². The van der Waals surface area contributed by atoms with Crippen molar-refractivity contribution in [2.45, 2.75) is 89.8 Å². The molecule has 6 aromatic carbocycles. The fourth-order valence-corrected chi connectivity index (χ4v) is 14.8. The number of piperidine rings is 3. The van der Waals surface area contributed by atoms with Gasteiger partial charge in [0.1, 0.15) is 67.4 Å². The van der Waals surface area contributed by atoms with Crippen LogP contribution in [0.25, 0.3) is 66.5 Å². The van der Waals surface area contributed by atoms with E-state index in [0.29, 0.717) is 104 Å². The average molecular weight is 1590 g/mol. The Hall–Kier alpha value is -12.8. The van der Waals surface area contributed by atoms with Gasteiger partial charge in [0.2, 0.25) is 29.4 Å². The molecule has 3 aliphatic rings. The average Bonchev–Trinajstić information content (AvgIpc) is 1.62. The second-order valence-corrected chi connectivity index (χ2v) is 28.2. The molecule has 24 nitrogen and oxygen atoms in total. The Morgan fingerprint density at radius 1 is 0.422 bits per heavy atom. The van der Waals surface area contributed by atoms with Gasteiger partial charge in [-0.1, -0.05) is 69.8 Å². The Labute approximate surface area is 676 Å². The second-order valence-electron chi connectivity index (χ2n) is 27.8. The van der Waals surface area contributed by atoms with Crippen LogP contribution in [0.5, 0.6) is 69.0 Å². The molecule has 3 aliphatic heterocycles. The Morgan fingerprint density at radius 3 is 1.10 bits per heavy atom. The molecule has 0 aliphatic carbocycles. The van der Waals surface area contributed by atoms with E-state index in [1.807, 2.05) is 83.3 Å². The monoisotopic (exact) mass is 1590 g/mol. The van der Waals surface area contributed by atoms with Gasteiger partial charge < -0.3 is 57.3 Å². The van der Waals surface area contributed by atoms with Gasteiger partial charge in [0.15, 0.2) is 40.2 Å². The molecule has 3 fully saturated rings. The zero-order chi connectivity index (χ0) is 81.4. The van der Waals surface area contributed by atoms with Crippen LogP contribution in [-0.2, 0) is 14.4 Å². The summed E-state index contributed by atoms with van der Waals surface area (Å²) in [6.07, 6.45) is 22.7. The van der Waals surface area contributed by atoms with Crippen molar-refractivity contribution in [3.05, 3.63) is 219 Å². The molecule has 116 heavy (non-hydrogen) atoms. The van der Waals surface area contributed by atoms with Crippen molar-refractivity contribution in [1.29, 1.82) is 0 Å². The summed E-state index contributed by atoms with van der Waals surface area (Å²) in [6.45, 7) is 20.0. The van der Waals surface area contributed by atoms with Gasteiger partial charge in [-0.15, -0.1) is 0 Å². The molecule has 0 spiro atoms. The van der Waals surface area contributed by atoms with Crippen LogP contribution in [0.2, 0.25) is 5.02 Å². The lowest BCUT2D eigenvalue weighted by atomic mass is 10.1. The number of carbonyl (C=O) groups is 3. The molecule has 3 saturated heterocycles. The number of methoxy groups -OCH3 is 4. The molecule has 15 rings (SSSR count). The van der Waals surface area contributed by atoms with Crippen molar-refractivity contribution in [1.82, 2.24) is 59.0 Å². The maximum absolute atomic E-state index is 14.6. The van der Waals surface area contributed by atoms with Crippen molar-refractivity contribution >= 4 is 62.0 Å². The van der Waals surface area contributed by atoms with Gasteiger partial charge >= 0.3 is 0 Å². The highest BCUT2D eigenvalue weighted by atomic mass is 35.5. The highest BCUT2D eigenvalue weighted by molar-refractivity contribution is 6.33. The highest BCUT2D eigenvalue weighted by Gasteiger charge is 2.33. The van der Waals surface area contributed by atoms with Gasteiger partial charge in [0.05, 0.1) is 94.5 Å². The summed E-state index contributed by atoms with van der Waals surface area (Å²) >= 11 is 6.38. The third-order valence-corrected chi connectivity index (χ3v) is 20.7. The van der Waals surface area contributed by atoms with Crippen LogP contribution in [0.1, 0.15) is 89.8 Å². The van der Waals surface area contributed by atoms with Gasteiger partial charge in [-0.2, -0.15) is 24.1 Å². The predicted molar refractivity (Wildman–Crippen MR) is 441 cm³/mol. The molecule has 9 heterocycles. The van der Waals surface area contributed by atoms with E-state index >= 15 is 0 Å². The van der Waals surface area contributed by atoms with Crippen molar-refractivity contribution in [2.24, 2.45) is 0 Å². The first kappa shape index (κ1) is 81.2. The van der Waals surface area contributed by atoms with Crippen molar-refractivity contribution in [3.8, 4) is 103 Å². The fraction of sp³-hybridized carbons (Fsp3) is 0.292. The molecule has 27 heteroatoms. The normalized spacial score (nSPS) is 15.3. The van der Waals surface area contributed by atoms with E-state index in [2.05, 4.69) is 48.5 Å². The van der Waals surface area contributed by atoms with Gasteiger partial charge in [-0.3, -0.25) is 43.4 Å². The zero-order valence-electron chi connectivity index (χ0n) is 65.6. The number of aromatic nitrogens is 9. The number of halogens is 3. The number of likely N-dealkylation sites (tertiary alicyclic amines) is 3. The predicted octanol–water partition coefficient (Wildman–Crippen LogP) is 18.7. The summed E-state index contributed by atoms with van der Waals surface area (Å²) in [5.41, 5.74) is 7.43. The first-order chi connectivity index (χ1) is 56.6. The van der Waals surface area contributed by atoms with Crippen molar-refractivity contribution in [3.63, 3.8) is 0 Å². The summed E-state index contributed by atoms with van der Waals surface area (Å²) in [6, 6.07) is 37.1. The minimum atomic E-state index is -0.559. The number of pyridine rings is 3. The number of amides is 3. The summed E-state index contributed by atoms with van der Waals surface area (Å²) < 4.78 is 86.0. The first-order valence-electron chi connectivity index (χ1n) is 38.6. The minimum absolute atomic E-state index is 0.00279. The lowest BCUT2D eigenvalue weighted by Gasteiger charge is -2.32. The highest BCUT2D eigenvalue weighted by Crippen LogP contribution is 2.44. The Balaban J connectivity index is 0.000000151. The smallest absolute Gasteiger partial charge is 0.246 e. The Bertz CT molecular complexity index is 5510. The van der Waals surface area contributed by atoms with Crippen LogP contribution >= 0.6 is 11.6 Å². The molecule has 3 atom stereocenters. The summed E-state index contributed by atoms with van der Waals surface area (Å²) in [5.74, 6) is 3.66. The molecule has 0 bridgehead atoms. The Morgan fingerprint density at radius 2 is 0.750 bits per heavy atom. The van der Waals surface area contributed by atoms with Crippen LogP contribution < -0.4 is 42.6 Å². The van der Waals surface area contributed by atoms with Gasteiger partial charge in [-0.25, -0.2) is 0 Å². The van der Waals surface area contributed by atoms with E-state index in [1.165, 1.54) is 38.5 Å². The van der Waals surface area contributed by atoms with Crippen molar-refractivity contribution in [2.75, 3.05) is 80.9 Å². The van der Waals surface area contributed by atoms with Crippen LogP contribution in [-0.4, -0.2) is 158 Å². The number of benzene rings is 6. The number of hydrogen-bond donors (Lipinski definition) is 0. The molecule has 3 amide bonds. The number of fused-ring (bicyclic) bond motifs is 3. The van der Waals surface area contributed by atoms with Crippen LogP contribution in [0.15, 0.2) is 203 Å². The molecule has 6 aromatic heterocycles. The number of nitrogens with zero attached hydrogens (tertiary/aromatic N) is 12. The lowest BCUT2D eigenvalue weighted by Crippen LogP contribution is -2.40. The van der Waals surface area contributed by atoms with Gasteiger partial charge in [-0.05, 0) is 179 Å². The van der Waals surface area contributed by atoms with E-state index in [9.17, 15) is 23.2 Å². The molecule has 0 radical (unpaired) electrons. The number of rotatable bonds is 26. The third-order valence-electron chi connectivity index (χ3n) is 20.4. The van der Waals surface area contributed by atoms with E-state index in [4.69, 9.17) is 69.5 Å². The molecule has 600 valence electrons. The number of carbonyl (C=O) groups excluding carboxylic acids is 3. The maximum atomic E-state index is 14.6. The van der Waals surface area contributed by atoms with Crippen molar-refractivity contribution < 1.29 is 65.8 Å². The quantitative estimate of drug-likeness (QED) is 0.0362. The third kappa shape index (κ3) is 17.9. The molecule has 0 saturated carbocycles. The fourth-order valence-electron chi connectivity index (χ4n) is 14.6. The summed E-state index contributed by atoms with van der Waals surface area (Å²) in [5, 5.41) is 18.1. The van der Waals surface area contributed by atoms with Crippen LogP contribution in [0.3, 0.4) is 0 Å². The summed E-state index contributed by atoms with van der Waals surface area (Å²) in [4.78, 5) is 55.8. The van der Waals surface area contributed by atoms with E-state index in [-0.39, 0.29) is 58.8 Å². The Kier molecular flexibility index (Phi) is 26.5.